The van der Waals surface area contributed by atoms with Crippen molar-refractivity contribution in [2.75, 3.05) is 6.54 Å². The van der Waals surface area contributed by atoms with Crippen LogP contribution in [0, 0.1) is 0 Å². The minimum atomic E-state index is -0.821. The van der Waals surface area contributed by atoms with Gasteiger partial charge in [0.25, 0.3) is 0 Å². The van der Waals surface area contributed by atoms with Gasteiger partial charge in [-0.05, 0) is 57.9 Å². The van der Waals surface area contributed by atoms with Crippen LogP contribution in [0.25, 0.3) is 0 Å². The number of nitrogens with zero attached hydrogens (tertiary/aromatic N) is 1. The average Bonchev–Trinajstić information content (AvgIpc) is 2.34. The van der Waals surface area contributed by atoms with Crippen LogP contribution in [0.2, 0.25) is 5.02 Å². The van der Waals surface area contributed by atoms with E-state index < -0.39 is 11.2 Å². The molecule has 1 heterocycles. The van der Waals surface area contributed by atoms with Crippen LogP contribution in [0.1, 0.15) is 52.1 Å². The van der Waals surface area contributed by atoms with E-state index in [2.05, 4.69) is 15.9 Å². The van der Waals surface area contributed by atoms with Crippen molar-refractivity contribution in [3.05, 3.63) is 33.3 Å². The molecule has 1 fully saturated rings. The number of rotatable bonds is 1. The molecule has 1 aliphatic heterocycles. The zero-order chi connectivity index (χ0) is 17.4. The van der Waals surface area contributed by atoms with E-state index in [9.17, 15) is 9.90 Å². The summed E-state index contributed by atoms with van der Waals surface area (Å²) in [6, 6.07) is 5.28. The Morgan fingerprint density at radius 1 is 1.43 bits per heavy atom. The monoisotopic (exact) mass is 403 g/mol. The molecule has 0 spiro atoms. The van der Waals surface area contributed by atoms with E-state index in [-0.39, 0.29) is 12.1 Å². The van der Waals surface area contributed by atoms with Crippen molar-refractivity contribution in [2.45, 2.75) is 57.8 Å². The highest BCUT2D eigenvalue weighted by molar-refractivity contribution is 9.10. The molecule has 23 heavy (non-hydrogen) atoms. The fourth-order valence-electron chi connectivity index (χ4n) is 2.75. The van der Waals surface area contributed by atoms with Gasteiger partial charge in [0.05, 0.1) is 11.6 Å². The Morgan fingerprint density at radius 2 is 2.09 bits per heavy atom. The minimum Gasteiger partial charge on any atom is -0.444 e. The Kier molecular flexibility index (Phi) is 5.34. The number of aliphatic hydroxyl groups is 1. The van der Waals surface area contributed by atoms with Gasteiger partial charge in [-0.1, -0.05) is 27.5 Å². The van der Waals surface area contributed by atoms with Gasteiger partial charge in [-0.2, -0.15) is 0 Å². The SMILES string of the molecule is CC(C)(C)OC(=O)N1CC[C@@](C)(O)C[C@@H]1c1cc(Cl)cc(Br)c1. The number of piperidine rings is 1. The van der Waals surface area contributed by atoms with Crippen LogP contribution < -0.4 is 0 Å². The summed E-state index contributed by atoms with van der Waals surface area (Å²) in [5.41, 5.74) is -0.496. The molecule has 1 aromatic carbocycles. The van der Waals surface area contributed by atoms with Gasteiger partial charge in [0.15, 0.2) is 0 Å². The van der Waals surface area contributed by atoms with E-state index in [0.717, 1.165) is 10.0 Å². The molecule has 0 aromatic heterocycles. The smallest absolute Gasteiger partial charge is 0.410 e. The largest absolute Gasteiger partial charge is 0.444 e. The number of carbonyl (C=O) groups excluding carboxylic acids is 1. The lowest BCUT2D eigenvalue weighted by molar-refractivity contribution is -0.0452. The summed E-state index contributed by atoms with van der Waals surface area (Å²) < 4.78 is 6.36. The highest BCUT2D eigenvalue weighted by Gasteiger charge is 2.39. The predicted molar refractivity (Wildman–Crippen MR) is 94.7 cm³/mol. The van der Waals surface area contributed by atoms with Crippen molar-refractivity contribution in [2.24, 2.45) is 0 Å². The number of hydrogen-bond donors (Lipinski definition) is 1. The van der Waals surface area contributed by atoms with Crippen LogP contribution >= 0.6 is 27.5 Å². The summed E-state index contributed by atoms with van der Waals surface area (Å²) in [6.45, 7) is 7.77. The molecular formula is C17H23BrClNO3. The molecule has 0 saturated carbocycles. The van der Waals surface area contributed by atoms with E-state index in [4.69, 9.17) is 16.3 Å². The normalized spacial score (nSPS) is 25.3. The highest BCUT2D eigenvalue weighted by Crippen LogP contribution is 2.39. The van der Waals surface area contributed by atoms with Gasteiger partial charge >= 0.3 is 6.09 Å². The van der Waals surface area contributed by atoms with Gasteiger partial charge in [0.1, 0.15) is 5.60 Å². The quantitative estimate of drug-likeness (QED) is 0.722. The Balaban J connectivity index is 2.34. The zero-order valence-corrected chi connectivity index (χ0v) is 16.2. The first-order valence-corrected chi connectivity index (χ1v) is 8.82. The summed E-state index contributed by atoms with van der Waals surface area (Å²) in [7, 11) is 0. The summed E-state index contributed by atoms with van der Waals surface area (Å²) >= 11 is 9.58. The lowest BCUT2D eigenvalue weighted by atomic mass is 9.85. The average molecular weight is 405 g/mol. The third-order valence-corrected chi connectivity index (χ3v) is 4.47. The van der Waals surface area contributed by atoms with E-state index in [0.29, 0.717) is 24.4 Å². The molecule has 128 valence electrons. The molecule has 1 aromatic rings. The van der Waals surface area contributed by atoms with Crippen LogP contribution in [-0.4, -0.2) is 33.8 Å². The van der Waals surface area contributed by atoms with Crippen molar-refractivity contribution in [1.29, 1.82) is 0 Å². The molecule has 0 radical (unpaired) electrons. The van der Waals surface area contributed by atoms with Crippen molar-refractivity contribution in [3.63, 3.8) is 0 Å². The number of hydrogen-bond acceptors (Lipinski definition) is 3. The van der Waals surface area contributed by atoms with Crippen LogP contribution in [0.3, 0.4) is 0 Å². The lowest BCUT2D eigenvalue weighted by Gasteiger charge is -2.43. The minimum absolute atomic E-state index is 0.274. The van der Waals surface area contributed by atoms with Crippen LogP contribution in [0.4, 0.5) is 4.79 Å². The first kappa shape index (κ1) is 18.6. The zero-order valence-electron chi connectivity index (χ0n) is 13.9. The van der Waals surface area contributed by atoms with Crippen molar-refractivity contribution < 1.29 is 14.6 Å². The third kappa shape index (κ3) is 5.10. The first-order chi connectivity index (χ1) is 10.5. The molecule has 1 saturated heterocycles. The number of amides is 1. The predicted octanol–water partition coefficient (Wildman–Crippen LogP) is 4.93. The van der Waals surface area contributed by atoms with Gasteiger partial charge in [-0.15, -0.1) is 0 Å². The Morgan fingerprint density at radius 3 is 2.65 bits per heavy atom. The van der Waals surface area contributed by atoms with E-state index in [1.165, 1.54) is 0 Å². The molecule has 4 nitrogen and oxygen atoms in total. The maximum atomic E-state index is 12.6. The molecule has 6 heteroatoms. The second-order valence-corrected chi connectivity index (χ2v) is 8.70. The number of carbonyl (C=O) groups is 1. The molecule has 0 unspecified atom stereocenters. The summed E-state index contributed by atoms with van der Waals surface area (Å²) in [6.07, 6.45) is 0.595. The molecule has 2 rings (SSSR count). The van der Waals surface area contributed by atoms with Crippen LogP contribution in [0.5, 0.6) is 0 Å². The molecule has 0 aliphatic carbocycles. The second-order valence-electron chi connectivity index (χ2n) is 7.34. The van der Waals surface area contributed by atoms with E-state index in [1.54, 1.807) is 17.9 Å². The summed E-state index contributed by atoms with van der Waals surface area (Å²) in [5, 5.41) is 11.0. The van der Waals surface area contributed by atoms with Crippen molar-refractivity contribution >= 4 is 33.6 Å². The molecule has 1 amide bonds. The van der Waals surface area contributed by atoms with Gasteiger partial charge in [-0.25, -0.2) is 4.79 Å². The first-order valence-electron chi connectivity index (χ1n) is 7.65. The Bertz CT molecular complexity index is 578. The molecule has 1 aliphatic rings. The Labute approximate surface area is 150 Å². The molecule has 1 N–H and O–H groups in total. The number of likely N-dealkylation sites (tertiary alicyclic amines) is 1. The maximum absolute atomic E-state index is 12.6. The fourth-order valence-corrected chi connectivity index (χ4v) is 3.64. The molecule has 0 bridgehead atoms. The summed E-state index contributed by atoms with van der Waals surface area (Å²) in [5.74, 6) is 0. The van der Waals surface area contributed by atoms with Crippen molar-refractivity contribution in [3.8, 4) is 0 Å². The lowest BCUT2D eigenvalue weighted by Crippen LogP contribution is -2.48. The third-order valence-electron chi connectivity index (χ3n) is 3.80. The molecule has 2 atom stereocenters. The van der Waals surface area contributed by atoms with E-state index >= 15 is 0 Å². The standard InChI is InChI=1S/C17H23BrClNO3/c1-16(2,3)23-15(21)20-6-5-17(4,22)10-14(20)11-7-12(18)9-13(19)8-11/h7-9,14,22H,5-6,10H2,1-4H3/t14-,17-/m1/s1. The Hall–Kier alpha value is -0.780. The van der Waals surface area contributed by atoms with Gasteiger partial charge in [0.2, 0.25) is 0 Å². The molecular weight excluding hydrogens is 382 g/mol. The number of benzene rings is 1. The van der Waals surface area contributed by atoms with Gasteiger partial charge in [0, 0.05) is 22.5 Å². The van der Waals surface area contributed by atoms with Crippen LogP contribution in [0.15, 0.2) is 22.7 Å². The number of halogens is 2. The van der Waals surface area contributed by atoms with Gasteiger partial charge < -0.3 is 14.7 Å². The van der Waals surface area contributed by atoms with E-state index in [1.807, 2.05) is 32.9 Å². The second kappa shape index (κ2) is 6.61. The highest BCUT2D eigenvalue weighted by atomic mass is 79.9. The van der Waals surface area contributed by atoms with Gasteiger partial charge in [-0.3, -0.25) is 0 Å². The maximum Gasteiger partial charge on any atom is 0.410 e. The fraction of sp³-hybridized carbons (Fsp3) is 0.588. The summed E-state index contributed by atoms with van der Waals surface area (Å²) in [4.78, 5) is 14.2. The van der Waals surface area contributed by atoms with Crippen molar-refractivity contribution in [1.82, 2.24) is 4.90 Å². The topological polar surface area (TPSA) is 49.8 Å². The number of ether oxygens (including phenoxy) is 1. The van der Waals surface area contributed by atoms with Crippen LogP contribution in [-0.2, 0) is 4.74 Å².